The first kappa shape index (κ1) is 14.8. The summed E-state index contributed by atoms with van der Waals surface area (Å²) < 4.78 is 5.29. The number of benzene rings is 2. The van der Waals surface area contributed by atoms with E-state index in [1.54, 1.807) is 18.2 Å². The van der Waals surface area contributed by atoms with Crippen molar-refractivity contribution < 1.29 is 14.3 Å². The van der Waals surface area contributed by atoms with E-state index in [1.165, 1.54) is 6.07 Å². The van der Waals surface area contributed by atoms with Crippen molar-refractivity contribution in [2.24, 2.45) is 0 Å². The van der Waals surface area contributed by atoms with E-state index >= 15 is 0 Å². The van der Waals surface area contributed by atoms with E-state index in [-0.39, 0.29) is 34.4 Å². The van der Waals surface area contributed by atoms with Crippen LogP contribution in [0.2, 0.25) is 0 Å². The number of nitrogens with one attached hydrogen (secondary N) is 2. The molecular weight excluding hydrogens is 292 g/mol. The second kappa shape index (κ2) is 5.96. The van der Waals surface area contributed by atoms with Crippen molar-refractivity contribution in [3.8, 4) is 5.75 Å². The van der Waals surface area contributed by atoms with Crippen molar-refractivity contribution in [2.75, 3.05) is 0 Å². The van der Waals surface area contributed by atoms with Gasteiger partial charge in [-0.3, -0.25) is 10.2 Å². The Morgan fingerprint density at radius 2 is 1.91 bits per heavy atom. The molecule has 0 aliphatic carbocycles. The number of fused-ring (bicyclic) bond motifs is 1. The lowest BCUT2D eigenvalue weighted by molar-refractivity contribution is 0.0935. The molecule has 0 bridgehead atoms. The second-order valence-corrected chi connectivity index (χ2v) is 5.29. The van der Waals surface area contributed by atoms with Crippen LogP contribution >= 0.6 is 0 Å². The summed E-state index contributed by atoms with van der Waals surface area (Å²) in [6.45, 7) is 1.88. The second-order valence-electron chi connectivity index (χ2n) is 5.29. The van der Waals surface area contributed by atoms with Gasteiger partial charge in [0.05, 0.1) is 6.04 Å². The van der Waals surface area contributed by atoms with Gasteiger partial charge in [0.2, 0.25) is 5.55 Å². The summed E-state index contributed by atoms with van der Waals surface area (Å²) in [5.41, 5.74) is 1.02. The number of phenolic OH excluding ortho intramolecular Hbond substituents is 1. The molecule has 5 nitrogen and oxygen atoms in total. The molecule has 1 unspecified atom stereocenters. The fraction of sp³-hybridized carbons (Fsp3) is 0.111. The van der Waals surface area contributed by atoms with Gasteiger partial charge in [-0.15, -0.1) is 0 Å². The van der Waals surface area contributed by atoms with Crippen LogP contribution in [0, 0.1) is 5.41 Å². The van der Waals surface area contributed by atoms with E-state index in [4.69, 9.17) is 9.83 Å². The molecule has 116 valence electrons. The summed E-state index contributed by atoms with van der Waals surface area (Å²) in [4.78, 5) is 12.4. The highest BCUT2D eigenvalue weighted by Gasteiger charge is 2.15. The normalized spacial score (nSPS) is 12.0. The van der Waals surface area contributed by atoms with E-state index < -0.39 is 0 Å². The fourth-order valence-corrected chi connectivity index (χ4v) is 2.41. The summed E-state index contributed by atoms with van der Waals surface area (Å²) in [6.07, 6.45) is 0. The van der Waals surface area contributed by atoms with Crippen LogP contribution in [0.1, 0.15) is 28.9 Å². The molecule has 1 amide bonds. The van der Waals surface area contributed by atoms with Crippen LogP contribution in [0.5, 0.6) is 5.75 Å². The molecule has 0 aliphatic rings. The quantitative estimate of drug-likeness (QED) is 0.695. The molecule has 3 rings (SSSR count). The Morgan fingerprint density at radius 1 is 1.17 bits per heavy atom. The zero-order valence-corrected chi connectivity index (χ0v) is 12.5. The summed E-state index contributed by atoms with van der Waals surface area (Å²) in [5, 5.41) is 21.1. The molecule has 1 atom stereocenters. The van der Waals surface area contributed by atoms with Crippen molar-refractivity contribution in [1.29, 1.82) is 5.41 Å². The average molecular weight is 308 g/mol. The minimum Gasteiger partial charge on any atom is -0.504 e. The number of aromatic hydroxyl groups is 1. The number of carbonyl (C=O) groups is 1. The minimum atomic E-state index is -0.389. The number of hydrogen-bond acceptors (Lipinski definition) is 4. The van der Waals surface area contributed by atoms with E-state index in [0.717, 1.165) is 5.56 Å². The topological polar surface area (TPSA) is 86.3 Å². The van der Waals surface area contributed by atoms with Gasteiger partial charge < -0.3 is 14.8 Å². The smallest absolute Gasteiger partial charge is 0.257 e. The van der Waals surface area contributed by atoms with Crippen LogP contribution in [-0.4, -0.2) is 11.0 Å². The maximum atomic E-state index is 12.4. The third-order valence-corrected chi connectivity index (χ3v) is 3.67. The number of carbonyl (C=O) groups excluding carboxylic acids is 1. The van der Waals surface area contributed by atoms with Crippen LogP contribution in [0.3, 0.4) is 0 Å². The van der Waals surface area contributed by atoms with Crippen molar-refractivity contribution in [3.05, 3.63) is 71.3 Å². The van der Waals surface area contributed by atoms with Gasteiger partial charge in [0, 0.05) is 5.39 Å². The van der Waals surface area contributed by atoms with Crippen LogP contribution in [0.25, 0.3) is 11.0 Å². The summed E-state index contributed by atoms with van der Waals surface area (Å²) in [7, 11) is 0. The lowest BCUT2D eigenvalue weighted by atomic mass is 10.1. The van der Waals surface area contributed by atoms with Gasteiger partial charge in [-0.1, -0.05) is 42.5 Å². The average Bonchev–Trinajstić information content (AvgIpc) is 2.56. The fourth-order valence-electron chi connectivity index (χ4n) is 2.41. The first-order valence-electron chi connectivity index (χ1n) is 7.22. The molecule has 5 heteroatoms. The minimum absolute atomic E-state index is 0.0550. The molecule has 3 N–H and O–H groups in total. The third kappa shape index (κ3) is 2.94. The Balaban J connectivity index is 1.92. The number of amides is 1. The Morgan fingerprint density at radius 3 is 2.65 bits per heavy atom. The molecule has 1 heterocycles. The molecule has 0 aliphatic heterocycles. The Bertz CT molecular complexity index is 916. The molecule has 23 heavy (non-hydrogen) atoms. The van der Waals surface area contributed by atoms with Gasteiger partial charge in [-0.25, -0.2) is 0 Å². The number of hydrogen-bond donors (Lipinski definition) is 3. The van der Waals surface area contributed by atoms with Crippen LogP contribution in [-0.2, 0) is 0 Å². The van der Waals surface area contributed by atoms with Crippen LogP contribution < -0.4 is 10.9 Å². The van der Waals surface area contributed by atoms with Crippen molar-refractivity contribution in [3.63, 3.8) is 0 Å². The number of phenols is 1. The van der Waals surface area contributed by atoms with Crippen molar-refractivity contribution in [2.45, 2.75) is 13.0 Å². The standard InChI is InChI=1S/C18H16N2O3/c1-11(12-6-3-2-4-7-12)20-18(22)14-10-13-8-5-9-15(21)16(13)23-17(14)19/h2-11,19,21H,1H3,(H,20,22). The Hall–Kier alpha value is -3.08. The maximum Gasteiger partial charge on any atom is 0.257 e. The predicted octanol–water partition coefficient (Wildman–Crippen LogP) is 3.11. The zero-order chi connectivity index (χ0) is 16.4. The third-order valence-electron chi connectivity index (χ3n) is 3.67. The number of rotatable bonds is 3. The molecule has 1 aromatic heterocycles. The highest BCUT2D eigenvalue weighted by molar-refractivity contribution is 5.97. The molecule has 3 aromatic rings. The molecule has 0 saturated heterocycles. The first-order valence-corrected chi connectivity index (χ1v) is 7.22. The van der Waals surface area contributed by atoms with Crippen molar-refractivity contribution in [1.82, 2.24) is 5.32 Å². The molecule has 0 radical (unpaired) electrons. The predicted molar refractivity (Wildman–Crippen MR) is 86.1 cm³/mol. The molecule has 0 saturated carbocycles. The van der Waals surface area contributed by atoms with Gasteiger partial charge in [-0.2, -0.15) is 0 Å². The SMILES string of the molecule is CC(NC(=O)c1cc2cccc(O)c2oc1=N)c1ccccc1. The molecular formula is C18H16N2O3. The Kier molecular flexibility index (Phi) is 3.85. The van der Waals surface area contributed by atoms with Crippen LogP contribution in [0.4, 0.5) is 0 Å². The van der Waals surface area contributed by atoms with Crippen molar-refractivity contribution >= 4 is 16.9 Å². The van der Waals surface area contributed by atoms with Crippen LogP contribution in [0.15, 0.2) is 59.0 Å². The maximum absolute atomic E-state index is 12.4. The molecule has 2 aromatic carbocycles. The zero-order valence-electron chi connectivity index (χ0n) is 12.5. The van der Waals surface area contributed by atoms with E-state index in [0.29, 0.717) is 5.39 Å². The lowest BCUT2D eigenvalue weighted by Gasteiger charge is -2.14. The monoisotopic (exact) mass is 308 g/mol. The van der Waals surface area contributed by atoms with Gasteiger partial charge in [0.1, 0.15) is 5.56 Å². The molecule has 0 spiro atoms. The van der Waals surface area contributed by atoms with Gasteiger partial charge in [0.25, 0.3) is 5.91 Å². The highest BCUT2D eigenvalue weighted by Crippen LogP contribution is 2.23. The highest BCUT2D eigenvalue weighted by atomic mass is 16.4. The summed E-state index contributed by atoms with van der Waals surface area (Å²) in [6, 6.07) is 15.8. The number of para-hydroxylation sites is 1. The van der Waals surface area contributed by atoms with Gasteiger partial charge in [0.15, 0.2) is 11.3 Å². The van der Waals surface area contributed by atoms with E-state index in [1.807, 2.05) is 37.3 Å². The molecule has 0 fully saturated rings. The van der Waals surface area contributed by atoms with Gasteiger partial charge in [-0.05, 0) is 24.6 Å². The summed E-state index contributed by atoms with van der Waals surface area (Å²) >= 11 is 0. The first-order chi connectivity index (χ1) is 11.1. The van der Waals surface area contributed by atoms with E-state index in [2.05, 4.69) is 5.32 Å². The van der Waals surface area contributed by atoms with E-state index in [9.17, 15) is 9.90 Å². The van der Waals surface area contributed by atoms with Gasteiger partial charge >= 0.3 is 0 Å². The summed E-state index contributed by atoms with van der Waals surface area (Å²) in [5.74, 6) is -0.444. The largest absolute Gasteiger partial charge is 0.504 e. The lowest BCUT2D eigenvalue weighted by Crippen LogP contribution is -2.30. The Labute approximate surface area is 132 Å².